The summed E-state index contributed by atoms with van der Waals surface area (Å²) in [5.74, 6) is 1.61. The maximum absolute atomic E-state index is 3.74. The summed E-state index contributed by atoms with van der Waals surface area (Å²) < 4.78 is 0. The molecule has 1 aliphatic carbocycles. The lowest BCUT2D eigenvalue weighted by atomic mass is 9.84. The average molecular weight is 254 g/mol. The van der Waals surface area contributed by atoms with Gasteiger partial charge in [0.1, 0.15) is 0 Å². The van der Waals surface area contributed by atoms with Crippen molar-refractivity contribution in [1.29, 1.82) is 0 Å². The van der Waals surface area contributed by atoms with Crippen LogP contribution in [0.2, 0.25) is 0 Å². The second kappa shape index (κ2) is 6.91. The molecule has 1 fully saturated rings. The zero-order chi connectivity index (χ0) is 13.8. The van der Waals surface area contributed by atoms with E-state index in [1.165, 1.54) is 32.5 Å². The minimum Gasteiger partial charge on any atom is -0.313 e. The van der Waals surface area contributed by atoms with Gasteiger partial charge in [0.05, 0.1) is 0 Å². The van der Waals surface area contributed by atoms with Crippen LogP contribution in [0.15, 0.2) is 0 Å². The summed E-state index contributed by atoms with van der Waals surface area (Å²) in [6.07, 6.45) is 2.76. The zero-order valence-corrected chi connectivity index (χ0v) is 13.4. The van der Waals surface area contributed by atoms with E-state index in [4.69, 9.17) is 0 Å². The largest absolute Gasteiger partial charge is 0.313 e. The molecule has 0 amide bonds. The molecule has 0 heterocycles. The lowest BCUT2D eigenvalue weighted by molar-refractivity contribution is 0.178. The predicted octanol–water partition coefficient (Wildman–Crippen LogP) is 3.38. The van der Waals surface area contributed by atoms with Gasteiger partial charge in [-0.15, -0.1) is 0 Å². The van der Waals surface area contributed by atoms with Gasteiger partial charge in [-0.2, -0.15) is 0 Å². The highest BCUT2D eigenvalue weighted by atomic mass is 15.1. The van der Waals surface area contributed by atoms with Crippen LogP contribution < -0.4 is 5.32 Å². The summed E-state index contributed by atoms with van der Waals surface area (Å²) in [7, 11) is 0. The lowest BCUT2D eigenvalue weighted by Crippen LogP contribution is -2.46. The fourth-order valence-corrected chi connectivity index (χ4v) is 3.56. The van der Waals surface area contributed by atoms with Crippen molar-refractivity contribution in [3.63, 3.8) is 0 Å². The third-order valence-electron chi connectivity index (χ3n) is 4.46. The number of rotatable bonds is 7. The van der Waals surface area contributed by atoms with Gasteiger partial charge in [0.2, 0.25) is 0 Å². The highest BCUT2D eigenvalue weighted by molar-refractivity contribution is 4.96. The Hall–Kier alpha value is -0.0800. The van der Waals surface area contributed by atoms with Crippen LogP contribution in [0.5, 0.6) is 0 Å². The highest BCUT2D eigenvalue weighted by Crippen LogP contribution is 2.41. The van der Waals surface area contributed by atoms with Crippen molar-refractivity contribution < 1.29 is 0 Å². The minimum absolute atomic E-state index is 0.470. The lowest BCUT2D eigenvalue weighted by Gasteiger charge is -2.34. The first-order valence-corrected chi connectivity index (χ1v) is 7.86. The Morgan fingerprint density at radius 3 is 2.44 bits per heavy atom. The molecule has 2 nitrogen and oxygen atoms in total. The van der Waals surface area contributed by atoms with Crippen LogP contribution in [0.25, 0.3) is 0 Å². The Balaban J connectivity index is 2.59. The second-order valence-corrected chi connectivity index (χ2v) is 7.07. The monoisotopic (exact) mass is 254 g/mol. The van der Waals surface area contributed by atoms with E-state index in [-0.39, 0.29) is 0 Å². The summed E-state index contributed by atoms with van der Waals surface area (Å²) in [6.45, 7) is 18.8. The van der Waals surface area contributed by atoms with Crippen molar-refractivity contribution in [2.75, 3.05) is 26.2 Å². The van der Waals surface area contributed by atoms with Crippen LogP contribution in [-0.2, 0) is 0 Å². The maximum atomic E-state index is 3.74. The van der Waals surface area contributed by atoms with Crippen molar-refractivity contribution in [3.8, 4) is 0 Å². The van der Waals surface area contributed by atoms with E-state index < -0.39 is 0 Å². The third kappa shape index (κ3) is 4.24. The number of nitrogens with zero attached hydrogens (tertiary/aromatic N) is 1. The van der Waals surface area contributed by atoms with E-state index in [2.05, 4.69) is 51.8 Å². The molecule has 0 saturated heterocycles. The van der Waals surface area contributed by atoms with Gasteiger partial charge in [0.25, 0.3) is 0 Å². The Kier molecular flexibility index (Phi) is 6.13. The molecule has 0 spiro atoms. The Morgan fingerprint density at radius 2 is 1.94 bits per heavy atom. The SMILES string of the molecule is CCNC1C(CN(CC)CC(C)C)CCC1(C)C. The first kappa shape index (κ1) is 16.0. The number of hydrogen-bond donors (Lipinski definition) is 1. The molecule has 0 bridgehead atoms. The Labute approximate surface area is 115 Å². The van der Waals surface area contributed by atoms with Crippen LogP contribution in [0, 0.1) is 17.3 Å². The summed E-state index contributed by atoms with van der Waals surface area (Å²) in [5, 5.41) is 3.74. The molecule has 0 aromatic rings. The van der Waals surface area contributed by atoms with Crippen molar-refractivity contribution in [1.82, 2.24) is 10.2 Å². The summed E-state index contributed by atoms with van der Waals surface area (Å²) in [4.78, 5) is 2.64. The van der Waals surface area contributed by atoms with Crippen LogP contribution in [0.3, 0.4) is 0 Å². The minimum atomic E-state index is 0.470. The van der Waals surface area contributed by atoms with E-state index in [9.17, 15) is 0 Å². The molecule has 0 radical (unpaired) electrons. The molecular weight excluding hydrogens is 220 g/mol. The van der Waals surface area contributed by atoms with Gasteiger partial charge in [-0.1, -0.05) is 41.5 Å². The molecule has 2 unspecified atom stereocenters. The van der Waals surface area contributed by atoms with Crippen molar-refractivity contribution in [2.24, 2.45) is 17.3 Å². The van der Waals surface area contributed by atoms with E-state index in [1.54, 1.807) is 0 Å². The van der Waals surface area contributed by atoms with Crippen LogP contribution >= 0.6 is 0 Å². The highest BCUT2D eigenvalue weighted by Gasteiger charge is 2.41. The molecule has 2 atom stereocenters. The Morgan fingerprint density at radius 1 is 1.28 bits per heavy atom. The average Bonchev–Trinajstić information content (AvgIpc) is 2.55. The van der Waals surface area contributed by atoms with Crippen molar-refractivity contribution >= 4 is 0 Å². The van der Waals surface area contributed by atoms with Gasteiger partial charge in [-0.25, -0.2) is 0 Å². The molecule has 1 aliphatic rings. The second-order valence-electron chi connectivity index (χ2n) is 7.07. The van der Waals surface area contributed by atoms with Crippen LogP contribution in [-0.4, -0.2) is 37.1 Å². The third-order valence-corrected chi connectivity index (χ3v) is 4.46. The predicted molar refractivity (Wildman–Crippen MR) is 80.9 cm³/mol. The van der Waals surface area contributed by atoms with Crippen LogP contribution in [0.1, 0.15) is 54.4 Å². The van der Waals surface area contributed by atoms with E-state index in [0.29, 0.717) is 11.5 Å². The summed E-state index contributed by atoms with van der Waals surface area (Å²) >= 11 is 0. The van der Waals surface area contributed by atoms with Gasteiger partial charge < -0.3 is 10.2 Å². The van der Waals surface area contributed by atoms with Crippen molar-refractivity contribution in [3.05, 3.63) is 0 Å². The molecule has 1 rings (SSSR count). The summed E-state index contributed by atoms with van der Waals surface area (Å²) in [6, 6.07) is 0.698. The molecular formula is C16H34N2. The molecule has 108 valence electrons. The van der Waals surface area contributed by atoms with Crippen LogP contribution in [0.4, 0.5) is 0 Å². The number of hydrogen-bond acceptors (Lipinski definition) is 2. The summed E-state index contributed by atoms with van der Waals surface area (Å²) in [5.41, 5.74) is 0.470. The standard InChI is InChI=1S/C16H34N2/c1-7-17-15-14(9-10-16(15,5)6)12-18(8-2)11-13(3)4/h13-15,17H,7-12H2,1-6H3. The quantitative estimate of drug-likeness (QED) is 0.749. The zero-order valence-electron chi connectivity index (χ0n) is 13.4. The normalized spacial score (nSPS) is 27.3. The molecule has 1 saturated carbocycles. The molecule has 18 heavy (non-hydrogen) atoms. The van der Waals surface area contributed by atoms with E-state index in [1.807, 2.05) is 0 Å². The van der Waals surface area contributed by atoms with E-state index in [0.717, 1.165) is 18.4 Å². The van der Waals surface area contributed by atoms with Crippen molar-refractivity contribution in [2.45, 2.75) is 60.4 Å². The smallest absolute Gasteiger partial charge is 0.0159 e. The molecule has 0 aliphatic heterocycles. The first-order valence-electron chi connectivity index (χ1n) is 7.86. The van der Waals surface area contributed by atoms with E-state index >= 15 is 0 Å². The fraction of sp³-hybridized carbons (Fsp3) is 1.00. The molecule has 2 heteroatoms. The van der Waals surface area contributed by atoms with Gasteiger partial charge in [0.15, 0.2) is 0 Å². The van der Waals surface area contributed by atoms with Gasteiger partial charge in [-0.3, -0.25) is 0 Å². The molecule has 1 N–H and O–H groups in total. The van der Waals surface area contributed by atoms with Gasteiger partial charge in [-0.05, 0) is 43.2 Å². The van der Waals surface area contributed by atoms with Gasteiger partial charge >= 0.3 is 0 Å². The maximum Gasteiger partial charge on any atom is 0.0159 e. The van der Waals surface area contributed by atoms with Gasteiger partial charge in [0, 0.05) is 19.1 Å². The number of nitrogens with one attached hydrogen (secondary N) is 1. The first-order chi connectivity index (χ1) is 8.40. The fourth-order valence-electron chi connectivity index (χ4n) is 3.56. The Bertz CT molecular complexity index is 235. The molecule has 0 aromatic heterocycles. The topological polar surface area (TPSA) is 15.3 Å². The molecule has 0 aromatic carbocycles.